The molecule has 3 aromatic carbocycles. The van der Waals surface area contributed by atoms with Crippen molar-refractivity contribution in [1.29, 1.82) is 0 Å². The van der Waals surface area contributed by atoms with Crippen LogP contribution in [-0.4, -0.2) is 6.09 Å². The van der Waals surface area contributed by atoms with Crippen LogP contribution in [0, 0.1) is 5.13 Å². The number of carbonyl (C=O) groups is 1. The van der Waals surface area contributed by atoms with E-state index in [2.05, 4.69) is 29.6 Å². The van der Waals surface area contributed by atoms with Gasteiger partial charge in [0.25, 0.3) is 0 Å². The molecule has 1 fully saturated rings. The Kier molecular flexibility index (Phi) is 6.40. The van der Waals surface area contributed by atoms with Gasteiger partial charge in [0, 0.05) is 16.7 Å². The zero-order valence-corrected chi connectivity index (χ0v) is 20.1. The molecule has 3 nitrogen and oxygen atoms in total. The Morgan fingerprint density at radius 2 is 1.62 bits per heavy atom. The predicted molar refractivity (Wildman–Crippen MR) is 137 cm³/mol. The number of nitrogens with one attached hydrogen (secondary N) is 1. The summed E-state index contributed by atoms with van der Waals surface area (Å²) in [7, 11) is 0. The molecule has 0 spiro atoms. The summed E-state index contributed by atoms with van der Waals surface area (Å²) in [6.07, 6.45) is 1.35. The average Bonchev–Trinajstić information content (AvgIpc) is 3.62. The fourth-order valence-electron chi connectivity index (χ4n) is 4.01. The van der Waals surface area contributed by atoms with E-state index in [1.807, 2.05) is 36.4 Å². The zero-order valence-electron chi connectivity index (χ0n) is 18.6. The molecule has 1 aromatic heterocycles. The van der Waals surface area contributed by atoms with Gasteiger partial charge in [0.15, 0.2) is 5.13 Å². The van der Waals surface area contributed by atoms with E-state index in [1.54, 1.807) is 19.1 Å². The summed E-state index contributed by atoms with van der Waals surface area (Å²) in [6, 6.07) is 25.1. The monoisotopic (exact) mass is 491 g/mol. The molecular weight excluding hydrogens is 469 g/mol. The molecule has 6 heteroatoms. The Morgan fingerprint density at radius 3 is 2.26 bits per heavy atom. The van der Waals surface area contributed by atoms with Gasteiger partial charge in [0.1, 0.15) is 6.10 Å². The molecule has 1 amide bonds. The molecule has 1 N–H and O–H groups in total. The van der Waals surface area contributed by atoms with Gasteiger partial charge < -0.3 is 4.74 Å². The lowest BCUT2D eigenvalue weighted by atomic mass is 10.0. The number of halogens is 2. The smallest absolute Gasteiger partial charge is 0.412 e. The first-order chi connectivity index (χ1) is 16.5. The molecule has 0 aliphatic heterocycles. The minimum absolute atomic E-state index is 0.375. The number of anilines is 1. The largest absolute Gasteiger partial charge is 0.441 e. The summed E-state index contributed by atoms with van der Waals surface area (Å²) >= 11 is 7.18. The minimum Gasteiger partial charge on any atom is -0.441 e. The number of ether oxygens (including phenoxy) is 1. The summed E-state index contributed by atoms with van der Waals surface area (Å²) in [5, 5.41) is 2.82. The van der Waals surface area contributed by atoms with Gasteiger partial charge in [-0.3, -0.25) is 5.32 Å². The van der Waals surface area contributed by atoms with E-state index >= 15 is 0 Å². The number of thiophene rings is 1. The number of amides is 1. The quantitative estimate of drug-likeness (QED) is 0.292. The van der Waals surface area contributed by atoms with Crippen molar-refractivity contribution in [3.05, 3.63) is 100 Å². The molecule has 34 heavy (non-hydrogen) atoms. The normalized spacial score (nSPS) is 14.0. The summed E-state index contributed by atoms with van der Waals surface area (Å²) in [5.74, 6) is 0.732. The first kappa shape index (κ1) is 22.6. The van der Waals surface area contributed by atoms with E-state index in [9.17, 15) is 9.18 Å². The highest BCUT2D eigenvalue weighted by molar-refractivity contribution is 7.14. The molecule has 1 saturated carbocycles. The van der Waals surface area contributed by atoms with Crippen LogP contribution in [0.3, 0.4) is 0 Å². The van der Waals surface area contributed by atoms with Crippen molar-refractivity contribution in [1.82, 2.24) is 0 Å². The Hall–Kier alpha value is -3.15. The molecule has 1 heterocycles. The third-order valence-corrected chi connectivity index (χ3v) is 7.32. The first-order valence-corrected chi connectivity index (χ1v) is 12.4. The van der Waals surface area contributed by atoms with Crippen LogP contribution in [0.1, 0.15) is 42.9 Å². The highest BCUT2D eigenvalue weighted by atomic mass is 35.5. The Balaban J connectivity index is 1.30. The van der Waals surface area contributed by atoms with Crippen molar-refractivity contribution in [2.45, 2.75) is 31.8 Å². The fourth-order valence-corrected chi connectivity index (χ4v) is 5.15. The van der Waals surface area contributed by atoms with E-state index < -0.39 is 12.2 Å². The summed E-state index contributed by atoms with van der Waals surface area (Å²) in [4.78, 5) is 13.2. The van der Waals surface area contributed by atoms with E-state index in [0.29, 0.717) is 21.2 Å². The average molecular weight is 492 g/mol. The second kappa shape index (κ2) is 9.61. The maximum Gasteiger partial charge on any atom is 0.412 e. The minimum atomic E-state index is -0.668. The van der Waals surface area contributed by atoms with Gasteiger partial charge in [0.2, 0.25) is 0 Å². The van der Waals surface area contributed by atoms with Crippen LogP contribution >= 0.6 is 22.9 Å². The topological polar surface area (TPSA) is 38.3 Å². The lowest BCUT2D eigenvalue weighted by Crippen LogP contribution is -2.16. The molecule has 5 rings (SSSR count). The lowest BCUT2D eigenvalue weighted by Gasteiger charge is -2.15. The molecule has 1 aliphatic carbocycles. The summed E-state index contributed by atoms with van der Waals surface area (Å²) in [6.45, 7) is 1.74. The van der Waals surface area contributed by atoms with Gasteiger partial charge in [-0.05, 0) is 54.0 Å². The number of rotatable bonds is 6. The SMILES string of the molecule is C[C@@H](OC(=O)Nc1cc(F)sc1-c1ccc(-c2ccc(C3CC3)cc2)cc1)c1ccccc1Cl. The number of hydrogen-bond acceptors (Lipinski definition) is 3. The number of carbonyl (C=O) groups excluding carboxylic acids is 1. The van der Waals surface area contributed by atoms with Crippen molar-refractivity contribution in [3.63, 3.8) is 0 Å². The van der Waals surface area contributed by atoms with E-state index in [1.165, 1.54) is 24.5 Å². The Morgan fingerprint density at radius 1 is 1.00 bits per heavy atom. The van der Waals surface area contributed by atoms with Crippen LogP contribution in [0.5, 0.6) is 0 Å². The van der Waals surface area contributed by atoms with Crippen molar-refractivity contribution >= 4 is 34.7 Å². The number of benzene rings is 3. The first-order valence-electron chi connectivity index (χ1n) is 11.2. The zero-order chi connectivity index (χ0) is 23.7. The lowest BCUT2D eigenvalue weighted by molar-refractivity contribution is 0.121. The molecule has 0 unspecified atom stereocenters. The van der Waals surface area contributed by atoms with Gasteiger partial charge in [-0.1, -0.05) is 78.3 Å². The van der Waals surface area contributed by atoms with Crippen molar-refractivity contribution in [2.75, 3.05) is 5.32 Å². The highest BCUT2D eigenvalue weighted by Gasteiger charge is 2.23. The molecule has 0 saturated heterocycles. The van der Waals surface area contributed by atoms with Gasteiger partial charge in [-0.25, -0.2) is 4.79 Å². The van der Waals surface area contributed by atoms with Crippen molar-refractivity contribution in [3.8, 4) is 21.6 Å². The molecule has 1 aliphatic rings. The highest BCUT2D eigenvalue weighted by Crippen LogP contribution is 2.41. The molecule has 0 radical (unpaired) electrons. The summed E-state index contributed by atoms with van der Waals surface area (Å²) in [5.41, 5.74) is 5.54. The molecule has 1 atom stereocenters. The van der Waals surface area contributed by atoms with Gasteiger partial charge in [-0.2, -0.15) is 4.39 Å². The van der Waals surface area contributed by atoms with Gasteiger partial charge in [-0.15, -0.1) is 11.3 Å². The summed E-state index contributed by atoms with van der Waals surface area (Å²) < 4.78 is 19.6. The Bertz CT molecular complexity index is 1310. The van der Waals surface area contributed by atoms with Crippen LogP contribution in [0.25, 0.3) is 21.6 Å². The molecular formula is C28H23ClFNO2S. The van der Waals surface area contributed by atoms with Crippen LogP contribution < -0.4 is 5.32 Å². The van der Waals surface area contributed by atoms with E-state index in [4.69, 9.17) is 16.3 Å². The van der Waals surface area contributed by atoms with Crippen molar-refractivity contribution < 1.29 is 13.9 Å². The van der Waals surface area contributed by atoms with Crippen LogP contribution in [-0.2, 0) is 4.74 Å². The van der Waals surface area contributed by atoms with Crippen LogP contribution in [0.4, 0.5) is 14.9 Å². The third-order valence-electron chi connectivity index (χ3n) is 6.01. The van der Waals surface area contributed by atoms with Gasteiger partial charge >= 0.3 is 6.09 Å². The standard InChI is InChI=1S/C28H23ClFNO2S/c1-17(23-4-2-3-5-24(23)29)33-28(32)31-25-16-26(30)34-27(25)22-14-12-21(13-15-22)20-10-8-19(9-11-20)18-6-7-18/h2-5,8-18H,6-7H2,1H3,(H,31,32)/t17-/m1/s1. The fraction of sp³-hybridized carbons (Fsp3) is 0.179. The number of hydrogen-bond donors (Lipinski definition) is 1. The third kappa shape index (κ3) is 5.01. The maximum absolute atomic E-state index is 14.2. The van der Waals surface area contributed by atoms with E-state index in [0.717, 1.165) is 33.9 Å². The molecule has 4 aromatic rings. The molecule has 0 bridgehead atoms. The molecule has 172 valence electrons. The second-order valence-corrected chi connectivity index (χ2v) is 9.87. The predicted octanol–water partition coefficient (Wildman–Crippen LogP) is 9.06. The van der Waals surface area contributed by atoms with E-state index in [-0.39, 0.29) is 5.13 Å². The van der Waals surface area contributed by atoms with Crippen LogP contribution in [0.2, 0.25) is 5.02 Å². The Labute approximate surface area is 207 Å². The second-order valence-electron chi connectivity index (χ2n) is 8.46. The van der Waals surface area contributed by atoms with Crippen molar-refractivity contribution in [2.24, 2.45) is 0 Å². The maximum atomic E-state index is 14.2. The van der Waals surface area contributed by atoms with Gasteiger partial charge in [0.05, 0.1) is 10.6 Å². The van der Waals surface area contributed by atoms with Crippen LogP contribution in [0.15, 0.2) is 78.9 Å².